The first-order valence-electron chi connectivity index (χ1n) is 6.29. The second kappa shape index (κ2) is 6.38. The first-order valence-corrected chi connectivity index (χ1v) is 6.29. The molecule has 0 saturated carbocycles. The highest BCUT2D eigenvalue weighted by Crippen LogP contribution is 2.17. The molecule has 96 valence electrons. The number of hydrogen-bond acceptors (Lipinski definition) is 3. The molecule has 1 atom stereocenters. The van der Waals surface area contributed by atoms with E-state index in [0.717, 1.165) is 24.3 Å². The zero-order valence-electron chi connectivity index (χ0n) is 10.6. The molecular formula is C15H19NO2. The van der Waals surface area contributed by atoms with Gasteiger partial charge in [0, 0.05) is 6.54 Å². The number of furan rings is 1. The number of nitrogens with one attached hydrogen (secondary N) is 1. The maximum atomic E-state index is 9.10. The average molecular weight is 245 g/mol. The minimum absolute atomic E-state index is 0.0865. The lowest BCUT2D eigenvalue weighted by Crippen LogP contribution is -2.19. The van der Waals surface area contributed by atoms with E-state index in [4.69, 9.17) is 9.52 Å². The molecule has 3 heteroatoms. The third-order valence-corrected chi connectivity index (χ3v) is 3.02. The van der Waals surface area contributed by atoms with E-state index in [-0.39, 0.29) is 12.6 Å². The lowest BCUT2D eigenvalue weighted by molar-refractivity contribution is 0.281. The maximum absolute atomic E-state index is 9.10. The number of rotatable bonds is 6. The van der Waals surface area contributed by atoms with Crippen LogP contribution in [-0.2, 0) is 13.2 Å². The maximum Gasteiger partial charge on any atom is 0.120 e. The van der Waals surface area contributed by atoms with Crippen molar-refractivity contribution in [1.29, 1.82) is 0 Å². The van der Waals surface area contributed by atoms with Crippen LogP contribution in [0.5, 0.6) is 0 Å². The Morgan fingerprint density at radius 3 is 2.72 bits per heavy atom. The molecule has 3 nitrogen and oxygen atoms in total. The van der Waals surface area contributed by atoms with Crippen molar-refractivity contribution in [2.75, 3.05) is 0 Å². The van der Waals surface area contributed by atoms with E-state index < -0.39 is 0 Å². The Kier molecular flexibility index (Phi) is 4.56. The second-order valence-corrected chi connectivity index (χ2v) is 4.34. The Morgan fingerprint density at radius 2 is 2.06 bits per heavy atom. The summed E-state index contributed by atoms with van der Waals surface area (Å²) in [5, 5.41) is 12.6. The molecule has 1 heterocycles. The average Bonchev–Trinajstić information content (AvgIpc) is 2.94. The van der Waals surface area contributed by atoms with Gasteiger partial charge in [0.1, 0.15) is 5.76 Å². The van der Waals surface area contributed by atoms with Crippen molar-refractivity contribution in [3.8, 4) is 0 Å². The van der Waals surface area contributed by atoms with E-state index in [1.165, 1.54) is 5.56 Å². The van der Waals surface area contributed by atoms with Crippen LogP contribution in [0.4, 0.5) is 0 Å². The Morgan fingerprint density at radius 1 is 1.22 bits per heavy atom. The van der Waals surface area contributed by atoms with Crippen molar-refractivity contribution in [2.24, 2.45) is 0 Å². The number of hydrogen-bond donors (Lipinski definition) is 2. The van der Waals surface area contributed by atoms with E-state index in [1.54, 1.807) is 6.26 Å². The number of aliphatic hydroxyl groups is 1. The molecule has 2 aromatic rings. The van der Waals surface area contributed by atoms with Gasteiger partial charge >= 0.3 is 0 Å². The molecule has 1 aromatic heterocycles. The molecule has 0 bridgehead atoms. The topological polar surface area (TPSA) is 45.4 Å². The highest BCUT2D eigenvalue weighted by atomic mass is 16.3. The third-order valence-electron chi connectivity index (χ3n) is 3.02. The molecule has 1 aromatic carbocycles. The summed E-state index contributed by atoms with van der Waals surface area (Å²) in [7, 11) is 0. The zero-order chi connectivity index (χ0) is 12.8. The molecule has 0 spiro atoms. The Hall–Kier alpha value is -1.58. The van der Waals surface area contributed by atoms with Crippen molar-refractivity contribution in [3.05, 3.63) is 59.5 Å². The van der Waals surface area contributed by atoms with Crippen LogP contribution in [0.1, 0.15) is 36.3 Å². The monoisotopic (exact) mass is 245 g/mol. The van der Waals surface area contributed by atoms with Gasteiger partial charge in [0.15, 0.2) is 0 Å². The normalized spacial score (nSPS) is 12.6. The summed E-state index contributed by atoms with van der Waals surface area (Å²) in [5.41, 5.74) is 2.12. The molecule has 2 rings (SSSR count). The summed E-state index contributed by atoms with van der Waals surface area (Å²) in [4.78, 5) is 0. The molecule has 2 N–H and O–H groups in total. The van der Waals surface area contributed by atoms with Gasteiger partial charge in [-0.1, -0.05) is 31.2 Å². The predicted octanol–water partition coefficient (Wildman–Crippen LogP) is 3.01. The molecule has 0 aliphatic carbocycles. The number of benzene rings is 1. The fourth-order valence-electron chi connectivity index (χ4n) is 2.01. The summed E-state index contributed by atoms with van der Waals surface area (Å²) in [6.45, 7) is 2.99. The molecule has 0 fully saturated rings. The highest BCUT2D eigenvalue weighted by molar-refractivity contribution is 5.23. The summed E-state index contributed by atoms with van der Waals surface area (Å²) < 4.78 is 5.42. The lowest BCUT2D eigenvalue weighted by atomic mass is 10.1. The van der Waals surface area contributed by atoms with Crippen LogP contribution in [0.25, 0.3) is 0 Å². The SMILES string of the molecule is CCC(NCc1cccc(CO)c1)c1ccco1. The Labute approximate surface area is 107 Å². The molecular weight excluding hydrogens is 226 g/mol. The van der Waals surface area contributed by atoms with E-state index in [0.29, 0.717) is 0 Å². The van der Waals surface area contributed by atoms with Crippen molar-refractivity contribution in [1.82, 2.24) is 5.32 Å². The van der Waals surface area contributed by atoms with Crippen LogP contribution in [0.3, 0.4) is 0 Å². The van der Waals surface area contributed by atoms with Gasteiger partial charge < -0.3 is 14.8 Å². The van der Waals surface area contributed by atoms with Gasteiger partial charge in [0.2, 0.25) is 0 Å². The first-order chi connectivity index (χ1) is 8.83. The second-order valence-electron chi connectivity index (χ2n) is 4.34. The molecule has 0 amide bonds. The van der Waals surface area contributed by atoms with Crippen molar-refractivity contribution in [2.45, 2.75) is 32.5 Å². The fraction of sp³-hybridized carbons (Fsp3) is 0.333. The Balaban J connectivity index is 1.97. The van der Waals surface area contributed by atoms with Gasteiger partial charge in [-0.15, -0.1) is 0 Å². The summed E-state index contributed by atoms with van der Waals surface area (Å²) in [6, 6.07) is 12.1. The van der Waals surface area contributed by atoms with Crippen LogP contribution < -0.4 is 5.32 Å². The van der Waals surface area contributed by atoms with E-state index >= 15 is 0 Å². The standard InChI is InChI=1S/C15H19NO2/c1-2-14(15-7-4-8-18-15)16-10-12-5-3-6-13(9-12)11-17/h3-9,14,16-17H,2,10-11H2,1H3. The third kappa shape index (κ3) is 3.22. The quantitative estimate of drug-likeness (QED) is 0.822. The van der Waals surface area contributed by atoms with E-state index in [1.807, 2.05) is 30.3 Å². The summed E-state index contributed by atoms with van der Waals surface area (Å²) in [6.07, 6.45) is 2.68. The predicted molar refractivity (Wildman–Crippen MR) is 70.9 cm³/mol. The molecule has 0 radical (unpaired) electrons. The Bertz CT molecular complexity index is 465. The van der Waals surface area contributed by atoms with Crippen molar-refractivity contribution >= 4 is 0 Å². The summed E-state index contributed by atoms with van der Waals surface area (Å²) >= 11 is 0. The van der Waals surface area contributed by atoms with Gasteiger partial charge in [-0.3, -0.25) is 0 Å². The molecule has 0 aliphatic heterocycles. The highest BCUT2D eigenvalue weighted by Gasteiger charge is 2.10. The van der Waals surface area contributed by atoms with Crippen LogP contribution in [0.2, 0.25) is 0 Å². The summed E-state index contributed by atoms with van der Waals surface area (Å²) in [5.74, 6) is 0.968. The van der Waals surface area contributed by atoms with Crippen LogP contribution in [-0.4, -0.2) is 5.11 Å². The molecule has 0 saturated heterocycles. The van der Waals surface area contributed by atoms with Gasteiger partial charge in [-0.05, 0) is 29.7 Å². The zero-order valence-corrected chi connectivity index (χ0v) is 10.6. The van der Waals surface area contributed by atoms with Crippen LogP contribution in [0, 0.1) is 0 Å². The van der Waals surface area contributed by atoms with Crippen molar-refractivity contribution < 1.29 is 9.52 Å². The van der Waals surface area contributed by atoms with Gasteiger partial charge in [0.25, 0.3) is 0 Å². The largest absolute Gasteiger partial charge is 0.468 e. The molecule has 0 aliphatic rings. The van der Waals surface area contributed by atoms with E-state index in [9.17, 15) is 0 Å². The van der Waals surface area contributed by atoms with Crippen molar-refractivity contribution in [3.63, 3.8) is 0 Å². The molecule has 1 unspecified atom stereocenters. The lowest BCUT2D eigenvalue weighted by Gasteiger charge is -2.14. The van der Waals surface area contributed by atoms with Crippen LogP contribution in [0.15, 0.2) is 47.1 Å². The first kappa shape index (κ1) is 12.9. The van der Waals surface area contributed by atoms with Gasteiger partial charge in [-0.2, -0.15) is 0 Å². The van der Waals surface area contributed by atoms with Gasteiger partial charge in [0.05, 0.1) is 18.9 Å². The fourth-order valence-corrected chi connectivity index (χ4v) is 2.01. The smallest absolute Gasteiger partial charge is 0.120 e. The minimum atomic E-state index is 0.0865. The van der Waals surface area contributed by atoms with Gasteiger partial charge in [-0.25, -0.2) is 0 Å². The van der Waals surface area contributed by atoms with E-state index in [2.05, 4.69) is 18.3 Å². The minimum Gasteiger partial charge on any atom is -0.468 e. The number of aliphatic hydroxyl groups excluding tert-OH is 1. The van der Waals surface area contributed by atoms with Crippen LogP contribution >= 0.6 is 0 Å². The molecule has 18 heavy (non-hydrogen) atoms.